The summed E-state index contributed by atoms with van der Waals surface area (Å²) < 4.78 is 0. The van der Waals surface area contributed by atoms with Gasteiger partial charge in [-0.05, 0) is 36.8 Å². The molecular formula is C16H20ClN5O. The second-order valence-corrected chi connectivity index (χ2v) is 6.72. The van der Waals surface area contributed by atoms with Gasteiger partial charge >= 0.3 is 0 Å². The second kappa shape index (κ2) is 5.46. The normalized spacial score (nSPS) is 31.4. The molecule has 2 bridgehead atoms. The van der Waals surface area contributed by atoms with Crippen LogP contribution in [0.4, 0.5) is 0 Å². The fourth-order valence-electron chi connectivity index (χ4n) is 4.82. The van der Waals surface area contributed by atoms with E-state index in [4.69, 9.17) is 0 Å². The summed E-state index contributed by atoms with van der Waals surface area (Å²) in [6.07, 6.45) is 2.32. The third kappa shape index (κ3) is 2.16. The summed E-state index contributed by atoms with van der Waals surface area (Å²) in [5.74, 6) is 1.50. The van der Waals surface area contributed by atoms with Gasteiger partial charge in [0.1, 0.15) is 17.6 Å². The SMILES string of the molecule is Cl.O=C(Cn1nc2ccccc2n1)N1[C@@H]2CC[C@H]1[C@H]1CNC[C@H]12. The summed E-state index contributed by atoms with van der Waals surface area (Å²) in [6.45, 7) is 2.40. The topological polar surface area (TPSA) is 63.1 Å². The van der Waals surface area contributed by atoms with Crippen LogP contribution < -0.4 is 5.32 Å². The molecule has 3 fully saturated rings. The highest BCUT2D eigenvalue weighted by Gasteiger charge is 2.56. The Hall–Kier alpha value is -1.66. The number of halogens is 1. The zero-order valence-corrected chi connectivity index (χ0v) is 13.6. The van der Waals surface area contributed by atoms with E-state index in [-0.39, 0.29) is 24.9 Å². The fourth-order valence-corrected chi connectivity index (χ4v) is 4.82. The molecule has 0 aliphatic carbocycles. The van der Waals surface area contributed by atoms with Crippen LogP contribution in [0.1, 0.15) is 12.8 Å². The minimum Gasteiger partial charge on any atom is -0.334 e. The van der Waals surface area contributed by atoms with Gasteiger partial charge in [-0.1, -0.05) is 12.1 Å². The predicted molar refractivity (Wildman–Crippen MR) is 88.3 cm³/mol. The zero-order valence-electron chi connectivity index (χ0n) is 12.8. The van der Waals surface area contributed by atoms with Crippen LogP contribution >= 0.6 is 12.4 Å². The van der Waals surface area contributed by atoms with Crippen molar-refractivity contribution >= 4 is 29.3 Å². The molecule has 4 heterocycles. The molecule has 0 radical (unpaired) electrons. The van der Waals surface area contributed by atoms with Crippen LogP contribution in [-0.4, -0.2) is 51.0 Å². The van der Waals surface area contributed by atoms with Crippen molar-refractivity contribution in [2.45, 2.75) is 31.5 Å². The molecule has 0 spiro atoms. The van der Waals surface area contributed by atoms with Crippen molar-refractivity contribution in [3.63, 3.8) is 0 Å². The maximum Gasteiger partial charge on any atom is 0.246 e. The standard InChI is InChI=1S/C16H19N5O.ClH/c22-16(9-20-18-12-3-1-2-4-13(12)19-20)21-14-5-6-15(21)11-8-17-7-10(11)14;/h1-4,10-11,14-15,17H,5-9H2;1H/t10-,11+,14-,15+;. The number of aromatic nitrogens is 3. The summed E-state index contributed by atoms with van der Waals surface area (Å²) in [7, 11) is 0. The van der Waals surface area contributed by atoms with Gasteiger partial charge in [-0.25, -0.2) is 0 Å². The van der Waals surface area contributed by atoms with Crippen molar-refractivity contribution in [2.24, 2.45) is 11.8 Å². The van der Waals surface area contributed by atoms with Crippen molar-refractivity contribution in [3.8, 4) is 0 Å². The Morgan fingerprint density at radius 1 is 1.09 bits per heavy atom. The first-order chi connectivity index (χ1) is 10.8. The van der Waals surface area contributed by atoms with E-state index in [2.05, 4.69) is 20.4 Å². The highest BCUT2D eigenvalue weighted by Crippen LogP contribution is 2.47. The lowest BCUT2D eigenvalue weighted by Crippen LogP contribution is -2.41. The summed E-state index contributed by atoms with van der Waals surface area (Å²) in [6, 6.07) is 8.61. The lowest BCUT2D eigenvalue weighted by atomic mass is 9.82. The van der Waals surface area contributed by atoms with Crippen molar-refractivity contribution in [1.29, 1.82) is 0 Å². The van der Waals surface area contributed by atoms with Crippen LogP contribution in [0.25, 0.3) is 11.0 Å². The molecular weight excluding hydrogens is 314 g/mol. The molecule has 6 nitrogen and oxygen atoms in total. The van der Waals surface area contributed by atoms with Crippen LogP contribution in [-0.2, 0) is 11.3 Å². The maximum absolute atomic E-state index is 12.8. The summed E-state index contributed by atoms with van der Waals surface area (Å²) in [4.78, 5) is 16.5. The maximum atomic E-state index is 12.8. The van der Waals surface area contributed by atoms with Crippen LogP contribution in [0.3, 0.4) is 0 Å². The predicted octanol–water partition coefficient (Wildman–Crippen LogP) is 1.06. The molecule has 122 valence electrons. The minimum absolute atomic E-state index is 0. The third-order valence-corrected chi connectivity index (χ3v) is 5.66. The van der Waals surface area contributed by atoms with Gasteiger partial charge in [-0.2, -0.15) is 15.0 Å². The monoisotopic (exact) mass is 333 g/mol. The van der Waals surface area contributed by atoms with E-state index in [0.717, 1.165) is 37.0 Å². The van der Waals surface area contributed by atoms with Gasteiger partial charge in [-0.15, -0.1) is 12.4 Å². The van der Waals surface area contributed by atoms with Gasteiger partial charge < -0.3 is 10.2 Å². The molecule has 5 rings (SSSR count). The molecule has 3 aliphatic heterocycles. The highest BCUT2D eigenvalue weighted by atomic mass is 35.5. The van der Waals surface area contributed by atoms with Gasteiger partial charge in [0, 0.05) is 25.2 Å². The Bertz CT molecular complexity index is 696. The molecule has 23 heavy (non-hydrogen) atoms. The van der Waals surface area contributed by atoms with Gasteiger partial charge in [0.15, 0.2) is 0 Å². The van der Waals surface area contributed by atoms with E-state index in [1.54, 1.807) is 4.80 Å². The molecule has 2 aromatic rings. The molecule has 1 amide bonds. The summed E-state index contributed by atoms with van der Waals surface area (Å²) in [5.41, 5.74) is 1.70. The van der Waals surface area contributed by atoms with Gasteiger partial charge in [0.2, 0.25) is 5.91 Å². The molecule has 1 N–H and O–H groups in total. The van der Waals surface area contributed by atoms with E-state index in [1.807, 2.05) is 24.3 Å². The van der Waals surface area contributed by atoms with Crippen LogP contribution in [0, 0.1) is 11.8 Å². The van der Waals surface area contributed by atoms with Crippen molar-refractivity contribution in [1.82, 2.24) is 25.2 Å². The third-order valence-electron chi connectivity index (χ3n) is 5.66. The lowest BCUT2D eigenvalue weighted by Gasteiger charge is -2.24. The molecule has 1 aromatic carbocycles. The minimum atomic E-state index is 0. The number of benzene rings is 1. The number of nitrogens with zero attached hydrogens (tertiary/aromatic N) is 4. The van der Waals surface area contributed by atoms with Gasteiger partial charge in [0.05, 0.1) is 0 Å². The highest BCUT2D eigenvalue weighted by molar-refractivity contribution is 5.85. The molecule has 3 saturated heterocycles. The molecule has 1 aromatic heterocycles. The molecule has 4 atom stereocenters. The van der Waals surface area contributed by atoms with Crippen LogP contribution in [0.2, 0.25) is 0 Å². The van der Waals surface area contributed by atoms with E-state index in [9.17, 15) is 4.79 Å². The number of nitrogens with one attached hydrogen (secondary N) is 1. The quantitative estimate of drug-likeness (QED) is 0.892. The average Bonchev–Trinajstić information content (AvgIpc) is 3.26. The Morgan fingerprint density at radius 3 is 2.22 bits per heavy atom. The summed E-state index contributed by atoms with van der Waals surface area (Å²) in [5, 5.41) is 12.3. The van der Waals surface area contributed by atoms with E-state index in [1.165, 1.54) is 0 Å². The Labute approximate surface area is 140 Å². The lowest BCUT2D eigenvalue weighted by molar-refractivity contribution is -0.134. The number of hydrogen-bond donors (Lipinski definition) is 1. The first-order valence-electron chi connectivity index (χ1n) is 8.13. The fraction of sp³-hybridized carbons (Fsp3) is 0.562. The van der Waals surface area contributed by atoms with Crippen molar-refractivity contribution in [2.75, 3.05) is 13.1 Å². The smallest absolute Gasteiger partial charge is 0.246 e. The number of fused-ring (bicyclic) bond motifs is 6. The molecule has 0 saturated carbocycles. The van der Waals surface area contributed by atoms with Crippen LogP contribution in [0.15, 0.2) is 24.3 Å². The summed E-state index contributed by atoms with van der Waals surface area (Å²) >= 11 is 0. The molecule has 3 aliphatic rings. The second-order valence-electron chi connectivity index (χ2n) is 6.72. The molecule has 0 unspecified atom stereocenters. The van der Waals surface area contributed by atoms with Crippen molar-refractivity contribution < 1.29 is 4.79 Å². The first kappa shape index (κ1) is 14.9. The Balaban J connectivity index is 0.00000135. The van der Waals surface area contributed by atoms with E-state index >= 15 is 0 Å². The first-order valence-corrected chi connectivity index (χ1v) is 8.13. The zero-order chi connectivity index (χ0) is 14.7. The largest absolute Gasteiger partial charge is 0.334 e. The Kier molecular flexibility index (Phi) is 3.54. The number of rotatable bonds is 2. The average molecular weight is 334 g/mol. The Morgan fingerprint density at radius 2 is 1.65 bits per heavy atom. The van der Waals surface area contributed by atoms with E-state index < -0.39 is 0 Å². The number of carbonyl (C=O) groups is 1. The number of hydrogen-bond acceptors (Lipinski definition) is 4. The van der Waals surface area contributed by atoms with E-state index in [0.29, 0.717) is 23.9 Å². The number of carbonyl (C=O) groups excluding carboxylic acids is 1. The van der Waals surface area contributed by atoms with Crippen molar-refractivity contribution in [3.05, 3.63) is 24.3 Å². The van der Waals surface area contributed by atoms with Gasteiger partial charge in [-0.3, -0.25) is 4.79 Å². The van der Waals surface area contributed by atoms with Gasteiger partial charge in [0.25, 0.3) is 0 Å². The van der Waals surface area contributed by atoms with Crippen LogP contribution in [0.5, 0.6) is 0 Å². The molecule has 7 heteroatoms. The number of amides is 1.